The molecule has 1 aliphatic carbocycles. The standard InChI is InChI=1S/C7H14IN/c8-7-3-1-6(5-9)2-4-7/h6-7H,1-5,9H2/t6-,7-. The Morgan fingerprint density at radius 2 is 1.78 bits per heavy atom. The lowest BCUT2D eigenvalue weighted by Crippen LogP contribution is -2.21. The highest BCUT2D eigenvalue weighted by Crippen LogP contribution is 2.27. The fourth-order valence-electron chi connectivity index (χ4n) is 1.36. The molecule has 2 N–H and O–H groups in total. The second-order valence-electron chi connectivity index (χ2n) is 2.85. The summed E-state index contributed by atoms with van der Waals surface area (Å²) in [5.74, 6) is 0.844. The van der Waals surface area contributed by atoms with Crippen molar-refractivity contribution >= 4 is 22.6 Å². The summed E-state index contributed by atoms with van der Waals surface area (Å²) in [5, 5.41) is 0. The van der Waals surface area contributed by atoms with Gasteiger partial charge in [0.25, 0.3) is 0 Å². The van der Waals surface area contributed by atoms with E-state index in [9.17, 15) is 0 Å². The second kappa shape index (κ2) is 3.76. The van der Waals surface area contributed by atoms with Gasteiger partial charge in [-0.2, -0.15) is 0 Å². The molecule has 2 heteroatoms. The third-order valence-electron chi connectivity index (χ3n) is 2.11. The van der Waals surface area contributed by atoms with Gasteiger partial charge in [-0.25, -0.2) is 0 Å². The summed E-state index contributed by atoms with van der Waals surface area (Å²) in [6.45, 7) is 0.906. The zero-order chi connectivity index (χ0) is 6.69. The quantitative estimate of drug-likeness (QED) is 0.549. The lowest BCUT2D eigenvalue weighted by Gasteiger charge is -2.23. The SMILES string of the molecule is NC[C@H]1CC[C@H](I)CC1. The average molecular weight is 239 g/mol. The average Bonchev–Trinajstić information content (AvgIpc) is 1.90. The Kier molecular flexibility index (Phi) is 3.26. The van der Waals surface area contributed by atoms with E-state index in [1.807, 2.05) is 0 Å². The number of hydrogen-bond acceptors (Lipinski definition) is 1. The maximum atomic E-state index is 5.55. The Labute approximate surface area is 70.5 Å². The zero-order valence-corrected chi connectivity index (χ0v) is 7.80. The molecule has 0 aliphatic heterocycles. The summed E-state index contributed by atoms with van der Waals surface area (Å²) in [4.78, 5) is 0. The lowest BCUT2D eigenvalue weighted by atomic mass is 9.89. The molecule has 0 saturated heterocycles. The van der Waals surface area contributed by atoms with E-state index < -0.39 is 0 Å². The first kappa shape index (κ1) is 7.79. The van der Waals surface area contributed by atoms with Crippen LogP contribution in [-0.4, -0.2) is 10.5 Å². The largest absolute Gasteiger partial charge is 0.330 e. The first-order valence-electron chi connectivity index (χ1n) is 3.67. The van der Waals surface area contributed by atoms with Gasteiger partial charge < -0.3 is 5.73 Å². The van der Waals surface area contributed by atoms with Crippen LogP contribution in [0.25, 0.3) is 0 Å². The molecular formula is C7H14IN. The molecule has 1 fully saturated rings. The van der Waals surface area contributed by atoms with E-state index >= 15 is 0 Å². The molecule has 0 amide bonds. The summed E-state index contributed by atoms with van der Waals surface area (Å²) in [7, 11) is 0. The Bertz CT molecular complexity index is 77.0. The number of alkyl halides is 1. The van der Waals surface area contributed by atoms with Crippen LogP contribution in [0.2, 0.25) is 0 Å². The zero-order valence-electron chi connectivity index (χ0n) is 5.65. The molecule has 0 heterocycles. The fraction of sp³-hybridized carbons (Fsp3) is 1.00. The van der Waals surface area contributed by atoms with Crippen molar-refractivity contribution in [2.24, 2.45) is 11.7 Å². The second-order valence-corrected chi connectivity index (χ2v) is 4.62. The number of hydrogen-bond donors (Lipinski definition) is 1. The molecule has 0 aromatic carbocycles. The molecule has 0 unspecified atom stereocenters. The van der Waals surface area contributed by atoms with E-state index in [1.54, 1.807) is 0 Å². The molecule has 1 nitrogen and oxygen atoms in total. The highest BCUT2D eigenvalue weighted by atomic mass is 127. The maximum Gasteiger partial charge on any atom is 0.0110 e. The van der Waals surface area contributed by atoms with Gasteiger partial charge in [0, 0.05) is 3.92 Å². The molecule has 1 aliphatic rings. The van der Waals surface area contributed by atoms with Crippen molar-refractivity contribution < 1.29 is 0 Å². The van der Waals surface area contributed by atoms with Crippen LogP contribution in [0.5, 0.6) is 0 Å². The molecule has 0 aromatic heterocycles. The molecule has 54 valence electrons. The van der Waals surface area contributed by atoms with E-state index in [2.05, 4.69) is 22.6 Å². The lowest BCUT2D eigenvalue weighted by molar-refractivity contribution is 0.380. The highest BCUT2D eigenvalue weighted by Gasteiger charge is 2.16. The molecule has 0 radical (unpaired) electrons. The van der Waals surface area contributed by atoms with Crippen LogP contribution >= 0.6 is 22.6 Å². The van der Waals surface area contributed by atoms with Crippen LogP contribution in [-0.2, 0) is 0 Å². The van der Waals surface area contributed by atoms with Crippen molar-refractivity contribution in [2.75, 3.05) is 6.54 Å². The molecule has 0 bridgehead atoms. The van der Waals surface area contributed by atoms with Crippen LogP contribution in [0.1, 0.15) is 25.7 Å². The fourth-order valence-corrected chi connectivity index (χ4v) is 2.08. The molecule has 0 aromatic rings. The van der Waals surface area contributed by atoms with Crippen LogP contribution < -0.4 is 5.73 Å². The van der Waals surface area contributed by atoms with Gasteiger partial charge in [-0.15, -0.1) is 0 Å². The summed E-state index contributed by atoms with van der Waals surface area (Å²) in [6, 6.07) is 0. The van der Waals surface area contributed by atoms with Crippen LogP contribution in [0.3, 0.4) is 0 Å². The summed E-state index contributed by atoms with van der Waals surface area (Å²) in [5.41, 5.74) is 5.55. The molecular weight excluding hydrogens is 225 g/mol. The van der Waals surface area contributed by atoms with Crippen molar-refractivity contribution in [3.8, 4) is 0 Å². The topological polar surface area (TPSA) is 26.0 Å². The first-order chi connectivity index (χ1) is 4.33. The van der Waals surface area contributed by atoms with Crippen LogP contribution in [0, 0.1) is 5.92 Å². The minimum atomic E-state index is 0.844. The van der Waals surface area contributed by atoms with Gasteiger partial charge >= 0.3 is 0 Å². The van der Waals surface area contributed by atoms with E-state index in [1.165, 1.54) is 25.7 Å². The van der Waals surface area contributed by atoms with Gasteiger partial charge in [0.1, 0.15) is 0 Å². The first-order valence-corrected chi connectivity index (χ1v) is 4.91. The third kappa shape index (κ3) is 2.42. The van der Waals surface area contributed by atoms with Crippen molar-refractivity contribution in [3.63, 3.8) is 0 Å². The van der Waals surface area contributed by atoms with Gasteiger partial charge in [-0.05, 0) is 38.1 Å². The van der Waals surface area contributed by atoms with Crippen molar-refractivity contribution in [2.45, 2.75) is 29.6 Å². The maximum absolute atomic E-state index is 5.55. The number of halogens is 1. The third-order valence-corrected chi connectivity index (χ3v) is 3.36. The predicted octanol–water partition coefficient (Wildman–Crippen LogP) is 1.94. The molecule has 1 rings (SSSR count). The van der Waals surface area contributed by atoms with Gasteiger partial charge in [0.05, 0.1) is 0 Å². The Balaban J connectivity index is 2.18. The smallest absolute Gasteiger partial charge is 0.0110 e. The van der Waals surface area contributed by atoms with Gasteiger partial charge in [-0.3, -0.25) is 0 Å². The number of rotatable bonds is 1. The Hall–Kier alpha value is 0.690. The Morgan fingerprint density at radius 1 is 1.22 bits per heavy atom. The highest BCUT2D eigenvalue weighted by molar-refractivity contribution is 14.1. The minimum Gasteiger partial charge on any atom is -0.330 e. The minimum absolute atomic E-state index is 0.844. The molecule has 9 heavy (non-hydrogen) atoms. The van der Waals surface area contributed by atoms with Gasteiger partial charge in [0.2, 0.25) is 0 Å². The van der Waals surface area contributed by atoms with E-state index in [4.69, 9.17) is 5.73 Å². The van der Waals surface area contributed by atoms with Crippen LogP contribution in [0.15, 0.2) is 0 Å². The monoisotopic (exact) mass is 239 g/mol. The van der Waals surface area contributed by atoms with Crippen LogP contribution in [0.4, 0.5) is 0 Å². The summed E-state index contributed by atoms with van der Waals surface area (Å²) >= 11 is 2.54. The normalized spacial score (nSPS) is 36.7. The van der Waals surface area contributed by atoms with Crippen molar-refractivity contribution in [1.29, 1.82) is 0 Å². The summed E-state index contributed by atoms with van der Waals surface area (Å²) < 4.78 is 0.936. The Morgan fingerprint density at radius 3 is 2.22 bits per heavy atom. The van der Waals surface area contributed by atoms with Crippen molar-refractivity contribution in [1.82, 2.24) is 0 Å². The summed E-state index contributed by atoms with van der Waals surface area (Å²) in [6.07, 6.45) is 5.51. The van der Waals surface area contributed by atoms with E-state index in [0.29, 0.717) is 0 Å². The van der Waals surface area contributed by atoms with E-state index in [0.717, 1.165) is 16.4 Å². The molecule has 0 atom stereocenters. The molecule has 1 saturated carbocycles. The van der Waals surface area contributed by atoms with Crippen molar-refractivity contribution in [3.05, 3.63) is 0 Å². The van der Waals surface area contributed by atoms with Gasteiger partial charge in [0.15, 0.2) is 0 Å². The predicted molar refractivity (Wildman–Crippen MR) is 48.8 cm³/mol. The number of nitrogens with two attached hydrogens (primary N) is 1. The molecule has 0 spiro atoms. The van der Waals surface area contributed by atoms with Gasteiger partial charge in [-0.1, -0.05) is 22.6 Å². The van der Waals surface area contributed by atoms with E-state index in [-0.39, 0.29) is 0 Å².